The van der Waals surface area contributed by atoms with Gasteiger partial charge in [-0.25, -0.2) is 0 Å². The molecule has 2 fully saturated rings. The molecule has 0 radical (unpaired) electrons. The van der Waals surface area contributed by atoms with Crippen LogP contribution in [0, 0.1) is 11.8 Å². The molecule has 2 rings (SSSR count). The van der Waals surface area contributed by atoms with Crippen molar-refractivity contribution in [1.82, 2.24) is 10.2 Å². The SMILES string of the molecule is CNC(=S)N1CC2CC2C1. The van der Waals surface area contributed by atoms with E-state index in [0.717, 1.165) is 16.9 Å². The lowest BCUT2D eigenvalue weighted by Gasteiger charge is -2.19. The van der Waals surface area contributed by atoms with E-state index in [9.17, 15) is 0 Å². The van der Waals surface area contributed by atoms with Crippen LogP contribution in [0.1, 0.15) is 6.42 Å². The summed E-state index contributed by atoms with van der Waals surface area (Å²) in [6, 6.07) is 0. The number of nitrogens with zero attached hydrogens (tertiary/aromatic N) is 1. The highest BCUT2D eigenvalue weighted by atomic mass is 32.1. The molecular weight excluding hydrogens is 144 g/mol. The van der Waals surface area contributed by atoms with Gasteiger partial charge < -0.3 is 10.2 Å². The smallest absolute Gasteiger partial charge is 0.168 e. The van der Waals surface area contributed by atoms with Crippen LogP contribution in [-0.2, 0) is 0 Å². The van der Waals surface area contributed by atoms with Gasteiger partial charge in [0.25, 0.3) is 0 Å². The monoisotopic (exact) mass is 156 g/mol. The zero-order chi connectivity index (χ0) is 7.14. The summed E-state index contributed by atoms with van der Waals surface area (Å²) in [5, 5.41) is 3.93. The minimum Gasteiger partial charge on any atom is -0.366 e. The van der Waals surface area contributed by atoms with Gasteiger partial charge in [0, 0.05) is 20.1 Å². The Balaban J connectivity index is 1.90. The molecule has 0 amide bonds. The van der Waals surface area contributed by atoms with E-state index >= 15 is 0 Å². The molecule has 3 heteroatoms. The third-order valence-electron chi connectivity index (χ3n) is 2.48. The van der Waals surface area contributed by atoms with Gasteiger partial charge in [-0.1, -0.05) is 0 Å². The van der Waals surface area contributed by atoms with E-state index in [1.54, 1.807) is 0 Å². The van der Waals surface area contributed by atoms with Gasteiger partial charge in [0.15, 0.2) is 5.11 Å². The first-order valence-corrected chi connectivity index (χ1v) is 4.18. The van der Waals surface area contributed by atoms with Crippen LogP contribution < -0.4 is 5.32 Å². The maximum Gasteiger partial charge on any atom is 0.168 e. The Bertz CT molecular complexity index is 159. The summed E-state index contributed by atoms with van der Waals surface area (Å²) in [7, 11) is 1.90. The molecule has 2 aliphatic rings. The minimum absolute atomic E-state index is 0.923. The molecular formula is C7H12N2S. The molecule has 0 aromatic heterocycles. The van der Waals surface area contributed by atoms with Crippen LogP contribution in [0.4, 0.5) is 0 Å². The van der Waals surface area contributed by atoms with Gasteiger partial charge in [-0.15, -0.1) is 0 Å². The van der Waals surface area contributed by atoms with Gasteiger partial charge in [-0.3, -0.25) is 0 Å². The van der Waals surface area contributed by atoms with E-state index in [1.165, 1.54) is 19.5 Å². The van der Waals surface area contributed by atoms with Gasteiger partial charge >= 0.3 is 0 Å². The molecule has 2 unspecified atom stereocenters. The predicted molar refractivity (Wildman–Crippen MR) is 44.8 cm³/mol. The van der Waals surface area contributed by atoms with Gasteiger partial charge in [0.1, 0.15) is 0 Å². The van der Waals surface area contributed by atoms with Gasteiger partial charge in [0.05, 0.1) is 0 Å². The third kappa shape index (κ3) is 0.888. The van der Waals surface area contributed by atoms with Gasteiger partial charge in [0.2, 0.25) is 0 Å². The van der Waals surface area contributed by atoms with Crippen molar-refractivity contribution in [3.63, 3.8) is 0 Å². The summed E-state index contributed by atoms with van der Waals surface area (Å²) in [5.41, 5.74) is 0. The number of nitrogens with one attached hydrogen (secondary N) is 1. The van der Waals surface area contributed by atoms with Crippen molar-refractivity contribution >= 4 is 17.3 Å². The van der Waals surface area contributed by atoms with Crippen LogP contribution in [0.15, 0.2) is 0 Å². The van der Waals surface area contributed by atoms with Gasteiger partial charge in [-0.05, 0) is 30.5 Å². The van der Waals surface area contributed by atoms with Crippen molar-refractivity contribution < 1.29 is 0 Å². The average molecular weight is 156 g/mol. The summed E-state index contributed by atoms with van der Waals surface area (Å²) in [5.74, 6) is 1.96. The number of hydrogen-bond acceptors (Lipinski definition) is 1. The van der Waals surface area contributed by atoms with Crippen molar-refractivity contribution in [2.24, 2.45) is 11.8 Å². The second-order valence-corrected chi connectivity index (χ2v) is 3.60. The van der Waals surface area contributed by atoms with Crippen molar-refractivity contribution in [2.45, 2.75) is 6.42 Å². The molecule has 0 spiro atoms. The highest BCUT2D eigenvalue weighted by molar-refractivity contribution is 7.80. The topological polar surface area (TPSA) is 15.3 Å². The van der Waals surface area contributed by atoms with Gasteiger partial charge in [-0.2, -0.15) is 0 Å². The predicted octanol–water partition coefficient (Wildman–Crippen LogP) is 0.442. The lowest BCUT2D eigenvalue weighted by molar-refractivity contribution is 0.457. The molecule has 1 N–H and O–H groups in total. The van der Waals surface area contributed by atoms with Crippen LogP contribution in [0.25, 0.3) is 0 Å². The Morgan fingerprint density at radius 2 is 2.10 bits per heavy atom. The molecule has 2 nitrogen and oxygen atoms in total. The fourth-order valence-corrected chi connectivity index (χ4v) is 1.87. The number of likely N-dealkylation sites (tertiary alicyclic amines) is 1. The van der Waals surface area contributed by atoms with E-state index in [2.05, 4.69) is 10.2 Å². The first kappa shape index (κ1) is 6.40. The van der Waals surface area contributed by atoms with E-state index in [-0.39, 0.29) is 0 Å². The second-order valence-electron chi connectivity index (χ2n) is 3.22. The van der Waals surface area contributed by atoms with Crippen molar-refractivity contribution in [1.29, 1.82) is 0 Å². The number of thiocarbonyl (C=S) groups is 1. The Kier molecular flexibility index (Phi) is 1.34. The zero-order valence-electron chi connectivity index (χ0n) is 6.13. The standard InChI is InChI=1S/C7H12N2S/c1-8-7(10)9-3-5-2-6(5)4-9/h5-6H,2-4H2,1H3,(H,8,10). The normalized spacial score (nSPS) is 35.5. The minimum atomic E-state index is 0.923. The summed E-state index contributed by atoms with van der Waals surface area (Å²) in [6.45, 7) is 2.40. The van der Waals surface area contributed by atoms with E-state index in [4.69, 9.17) is 12.2 Å². The Hall–Kier alpha value is -0.310. The average Bonchev–Trinajstić information content (AvgIpc) is 2.57. The number of rotatable bonds is 0. The molecule has 0 bridgehead atoms. The van der Waals surface area contributed by atoms with Crippen LogP contribution in [0.3, 0.4) is 0 Å². The Labute approximate surface area is 66.6 Å². The molecule has 1 aliphatic carbocycles. The van der Waals surface area contributed by atoms with Crippen molar-refractivity contribution in [2.75, 3.05) is 20.1 Å². The molecule has 0 aromatic carbocycles. The number of fused-ring (bicyclic) bond motifs is 1. The summed E-state index contributed by atoms with van der Waals surface area (Å²) in [6.07, 6.45) is 1.45. The highest BCUT2D eigenvalue weighted by Crippen LogP contribution is 2.44. The Morgan fingerprint density at radius 3 is 2.60 bits per heavy atom. The lowest BCUT2D eigenvalue weighted by atomic mass is 10.4. The summed E-state index contributed by atoms with van der Waals surface area (Å²) in [4.78, 5) is 2.27. The molecule has 1 saturated carbocycles. The summed E-state index contributed by atoms with van der Waals surface area (Å²) < 4.78 is 0. The molecule has 0 aromatic rings. The maximum absolute atomic E-state index is 5.10. The van der Waals surface area contributed by atoms with E-state index in [0.29, 0.717) is 0 Å². The van der Waals surface area contributed by atoms with Crippen LogP contribution in [0.2, 0.25) is 0 Å². The highest BCUT2D eigenvalue weighted by Gasteiger charge is 2.45. The molecule has 2 atom stereocenters. The van der Waals surface area contributed by atoms with Crippen LogP contribution >= 0.6 is 12.2 Å². The molecule has 1 heterocycles. The summed E-state index contributed by atoms with van der Waals surface area (Å²) >= 11 is 5.10. The quantitative estimate of drug-likeness (QED) is 0.512. The molecule has 1 aliphatic heterocycles. The fraction of sp³-hybridized carbons (Fsp3) is 0.857. The van der Waals surface area contributed by atoms with Crippen LogP contribution in [0.5, 0.6) is 0 Å². The lowest BCUT2D eigenvalue weighted by Crippen LogP contribution is -2.37. The Morgan fingerprint density at radius 1 is 1.50 bits per heavy atom. The number of piperidine rings is 1. The first-order chi connectivity index (χ1) is 4.81. The third-order valence-corrected chi connectivity index (χ3v) is 2.94. The first-order valence-electron chi connectivity index (χ1n) is 3.78. The van der Waals surface area contributed by atoms with Crippen molar-refractivity contribution in [3.8, 4) is 0 Å². The molecule has 56 valence electrons. The van der Waals surface area contributed by atoms with E-state index in [1.807, 2.05) is 7.05 Å². The second kappa shape index (κ2) is 2.09. The number of hydrogen-bond donors (Lipinski definition) is 1. The largest absolute Gasteiger partial charge is 0.366 e. The zero-order valence-corrected chi connectivity index (χ0v) is 6.95. The van der Waals surface area contributed by atoms with Crippen molar-refractivity contribution in [3.05, 3.63) is 0 Å². The molecule has 1 saturated heterocycles. The molecule has 10 heavy (non-hydrogen) atoms. The van der Waals surface area contributed by atoms with E-state index < -0.39 is 0 Å². The fourth-order valence-electron chi connectivity index (χ4n) is 1.72. The van der Waals surface area contributed by atoms with Crippen LogP contribution in [-0.4, -0.2) is 30.1 Å². The maximum atomic E-state index is 5.10.